The lowest BCUT2D eigenvalue weighted by molar-refractivity contribution is 0.292. The van der Waals surface area contributed by atoms with E-state index in [1.807, 2.05) is 43.3 Å². The Bertz CT molecular complexity index is 598. The van der Waals surface area contributed by atoms with Gasteiger partial charge in [-0.05, 0) is 44.6 Å². The van der Waals surface area contributed by atoms with Crippen LogP contribution in [-0.4, -0.2) is 58.5 Å². The molecule has 1 aromatic carbocycles. The lowest BCUT2D eigenvalue weighted by Crippen LogP contribution is -2.45. The summed E-state index contributed by atoms with van der Waals surface area (Å²) in [4.78, 5) is 2.01. The molecule has 7 heteroatoms. The van der Waals surface area contributed by atoms with Crippen LogP contribution in [0.1, 0.15) is 30.9 Å². The summed E-state index contributed by atoms with van der Waals surface area (Å²) in [6.07, 6.45) is 2.98. The number of hydrogen-bond acceptors (Lipinski definition) is 4. The van der Waals surface area contributed by atoms with E-state index in [4.69, 9.17) is 4.74 Å². The molecule has 0 radical (unpaired) electrons. The summed E-state index contributed by atoms with van der Waals surface area (Å²) in [6.45, 7) is 1.56. The molecule has 2 rings (SSSR count). The number of hydrogen-bond donors (Lipinski definition) is 1. The molecule has 0 amide bonds. The molecule has 0 spiro atoms. The van der Waals surface area contributed by atoms with Gasteiger partial charge in [0.1, 0.15) is 5.75 Å². The first-order valence-electron chi connectivity index (χ1n) is 7.99. The van der Waals surface area contributed by atoms with E-state index < -0.39 is 10.2 Å². The van der Waals surface area contributed by atoms with Crippen LogP contribution in [0.15, 0.2) is 24.3 Å². The second kappa shape index (κ2) is 8.10. The van der Waals surface area contributed by atoms with E-state index in [1.165, 1.54) is 0 Å². The minimum atomic E-state index is -3.41. The number of nitrogens with zero attached hydrogens (tertiary/aromatic N) is 2. The largest absolute Gasteiger partial charge is 0.497 e. The van der Waals surface area contributed by atoms with Crippen LogP contribution < -0.4 is 9.46 Å². The summed E-state index contributed by atoms with van der Waals surface area (Å²) in [5.74, 6) is 0.772. The minimum Gasteiger partial charge on any atom is -0.497 e. The summed E-state index contributed by atoms with van der Waals surface area (Å²) in [6, 6.07) is 7.69. The monoisotopic (exact) mass is 341 g/mol. The molecule has 0 saturated carbocycles. The second-order valence-electron chi connectivity index (χ2n) is 6.07. The fourth-order valence-corrected chi connectivity index (χ4v) is 4.12. The third kappa shape index (κ3) is 4.91. The maximum Gasteiger partial charge on any atom is 0.279 e. The Hall–Kier alpha value is -1.15. The number of ether oxygens (including phenoxy) is 1. The number of likely N-dealkylation sites (N-methyl/N-ethyl adjacent to an activating group) is 1. The van der Waals surface area contributed by atoms with Crippen LogP contribution >= 0.6 is 0 Å². The molecule has 1 saturated heterocycles. The molecule has 1 heterocycles. The average molecular weight is 341 g/mol. The molecule has 0 unspecified atom stereocenters. The predicted octanol–water partition coefficient (Wildman–Crippen LogP) is 1.62. The molecule has 0 aliphatic carbocycles. The maximum atomic E-state index is 12.4. The van der Waals surface area contributed by atoms with Gasteiger partial charge in [-0.25, -0.2) is 4.72 Å². The van der Waals surface area contributed by atoms with Gasteiger partial charge in [-0.1, -0.05) is 18.6 Å². The zero-order valence-electron chi connectivity index (χ0n) is 14.2. The molecule has 6 nitrogen and oxygen atoms in total. The molecule has 0 aromatic heterocycles. The van der Waals surface area contributed by atoms with Crippen LogP contribution in [0.3, 0.4) is 0 Å². The van der Waals surface area contributed by atoms with Gasteiger partial charge in [-0.2, -0.15) is 12.7 Å². The van der Waals surface area contributed by atoms with Gasteiger partial charge in [0.2, 0.25) is 0 Å². The normalized spacial score (nSPS) is 18.1. The van der Waals surface area contributed by atoms with Crippen molar-refractivity contribution in [3.63, 3.8) is 0 Å². The van der Waals surface area contributed by atoms with E-state index in [0.717, 1.165) is 30.6 Å². The molecule has 130 valence electrons. The zero-order valence-corrected chi connectivity index (χ0v) is 15.0. The van der Waals surface area contributed by atoms with E-state index in [1.54, 1.807) is 11.4 Å². The van der Waals surface area contributed by atoms with Crippen LogP contribution in [0.2, 0.25) is 0 Å². The zero-order chi connectivity index (χ0) is 16.9. The molecule has 1 fully saturated rings. The Morgan fingerprint density at radius 3 is 2.57 bits per heavy atom. The van der Waals surface area contributed by atoms with Crippen LogP contribution in [0.4, 0.5) is 0 Å². The van der Waals surface area contributed by atoms with E-state index in [2.05, 4.69) is 4.72 Å². The van der Waals surface area contributed by atoms with Gasteiger partial charge in [0.25, 0.3) is 10.2 Å². The highest BCUT2D eigenvalue weighted by atomic mass is 32.2. The van der Waals surface area contributed by atoms with Crippen molar-refractivity contribution < 1.29 is 13.2 Å². The Kier molecular flexibility index (Phi) is 6.41. The van der Waals surface area contributed by atoms with Crippen molar-refractivity contribution in [2.24, 2.45) is 0 Å². The lowest BCUT2D eigenvalue weighted by atomic mass is 10.1. The predicted molar refractivity (Wildman–Crippen MR) is 91.8 cm³/mol. The quantitative estimate of drug-likeness (QED) is 0.819. The van der Waals surface area contributed by atoms with Crippen molar-refractivity contribution in [3.05, 3.63) is 29.8 Å². The molecule has 0 bridgehead atoms. The molecule has 1 atom stereocenters. The maximum absolute atomic E-state index is 12.4. The van der Waals surface area contributed by atoms with E-state index >= 15 is 0 Å². The fourth-order valence-electron chi connectivity index (χ4n) is 2.83. The Labute approximate surface area is 139 Å². The van der Waals surface area contributed by atoms with Crippen molar-refractivity contribution in [2.75, 3.05) is 40.8 Å². The third-order valence-electron chi connectivity index (χ3n) is 4.22. The highest BCUT2D eigenvalue weighted by Gasteiger charge is 2.25. The standard InChI is InChI=1S/C16H27N3O3S/c1-18(2)16(14-8-7-9-15(12-14)22-3)13-17-23(20,21)19-10-5-4-6-11-19/h7-9,12,16-17H,4-6,10-11,13H2,1-3H3/t16-/m1/s1. The molecule has 1 aliphatic heterocycles. The van der Waals surface area contributed by atoms with E-state index in [0.29, 0.717) is 19.6 Å². The number of piperidine rings is 1. The third-order valence-corrected chi connectivity index (χ3v) is 5.79. The highest BCUT2D eigenvalue weighted by Crippen LogP contribution is 2.22. The van der Waals surface area contributed by atoms with Crippen molar-refractivity contribution in [2.45, 2.75) is 25.3 Å². The van der Waals surface area contributed by atoms with Crippen LogP contribution in [0.25, 0.3) is 0 Å². The second-order valence-corrected chi connectivity index (χ2v) is 7.82. The molecular weight excluding hydrogens is 314 g/mol. The average Bonchev–Trinajstić information content (AvgIpc) is 2.55. The lowest BCUT2D eigenvalue weighted by Gasteiger charge is -2.29. The smallest absolute Gasteiger partial charge is 0.279 e. The molecular formula is C16H27N3O3S. The van der Waals surface area contributed by atoms with E-state index in [9.17, 15) is 8.42 Å². The Balaban J connectivity index is 2.07. The summed E-state index contributed by atoms with van der Waals surface area (Å²) >= 11 is 0. The van der Waals surface area contributed by atoms with Gasteiger partial charge in [0.05, 0.1) is 7.11 Å². The first kappa shape index (κ1) is 18.2. The highest BCUT2D eigenvalue weighted by molar-refractivity contribution is 7.87. The summed E-state index contributed by atoms with van der Waals surface area (Å²) < 4.78 is 34.4. The summed E-state index contributed by atoms with van der Waals surface area (Å²) in [5.41, 5.74) is 1.02. The van der Waals surface area contributed by atoms with Crippen molar-refractivity contribution in [1.82, 2.24) is 13.9 Å². The van der Waals surface area contributed by atoms with Gasteiger partial charge in [0.15, 0.2) is 0 Å². The molecule has 1 N–H and O–H groups in total. The van der Waals surface area contributed by atoms with Crippen molar-refractivity contribution in [3.8, 4) is 5.75 Å². The Morgan fingerprint density at radius 2 is 1.96 bits per heavy atom. The van der Waals surface area contributed by atoms with Crippen LogP contribution in [-0.2, 0) is 10.2 Å². The first-order valence-corrected chi connectivity index (χ1v) is 9.43. The van der Waals surface area contributed by atoms with E-state index in [-0.39, 0.29) is 6.04 Å². The molecule has 23 heavy (non-hydrogen) atoms. The topological polar surface area (TPSA) is 61.9 Å². The summed E-state index contributed by atoms with van der Waals surface area (Å²) in [5, 5.41) is 0. The van der Waals surface area contributed by atoms with Crippen LogP contribution in [0.5, 0.6) is 5.75 Å². The van der Waals surface area contributed by atoms with Gasteiger partial charge in [-0.15, -0.1) is 0 Å². The Morgan fingerprint density at radius 1 is 1.26 bits per heavy atom. The van der Waals surface area contributed by atoms with Crippen molar-refractivity contribution >= 4 is 10.2 Å². The number of nitrogens with one attached hydrogen (secondary N) is 1. The fraction of sp³-hybridized carbons (Fsp3) is 0.625. The number of methoxy groups -OCH3 is 1. The minimum absolute atomic E-state index is 0.0512. The first-order chi connectivity index (χ1) is 10.9. The number of rotatable bonds is 7. The summed E-state index contributed by atoms with van der Waals surface area (Å²) in [7, 11) is 2.11. The van der Waals surface area contributed by atoms with Gasteiger partial charge in [-0.3, -0.25) is 0 Å². The van der Waals surface area contributed by atoms with Gasteiger partial charge in [0, 0.05) is 25.7 Å². The number of benzene rings is 1. The van der Waals surface area contributed by atoms with Gasteiger partial charge < -0.3 is 9.64 Å². The van der Waals surface area contributed by atoms with Gasteiger partial charge >= 0.3 is 0 Å². The van der Waals surface area contributed by atoms with Crippen molar-refractivity contribution in [1.29, 1.82) is 0 Å². The molecule has 1 aromatic rings. The van der Waals surface area contributed by atoms with Crippen LogP contribution in [0, 0.1) is 0 Å². The molecule has 1 aliphatic rings. The SMILES string of the molecule is COc1cccc([C@@H](CNS(=O)(=O)N2CCCCC2)N(C)C)c1.